The first kappa shape index (κ1) is 20.5. The molecule has 8 nitrogen and oxygen atoms in total. The van der Waals surface area contributed by atoms with Crippen LogP contribution in [0.3, 0.4) is 0 Å². The van der Waals surface area contributed by atoms with E-state index in [1.165, 1.54) is 4.90 Å². The number of aliphatic hydroxyl groups excluding tert-OH is 1. The van der Waals surface area contributed by atoms with Crippen molar-refractivity contribution < 1.29 is 19.5 Å². The summed E-state index contributed by atoms with van der Waals surface area (Å²) in [6.07, 6.45) is 1.82. The number of nitrogens with zero attached hydrogens (tertiary/aromatic N) is 3. The summed E-state index contributed by atoms with van der Waals surface area (Å²) in [5.74, 6) is -0.457. The Morgan fingerprint density at radius 2 is 2.13 bits per heavy atom. The normalized spacial score (nSPS) is 23.2. The van der Waals surface area contributed by atoms with Gasteiger partial charge in [0.2, 0.25) is 11.8 Å². The number of hydrogen-bond acceptors (Lipinski definition) is 7. The lowest BCUT2D eigenvalue weighted by atomic mass is 10.1. The van der Waals surface area contributed by atoms with Crippen LogP contribution in [0.1, 0.15) is 31.7 Å². The minimum absolute atomic E-state index is 0.149. The van der Waals surface area contributed by atoms with Crippen LogP contribution in [-0.4, -0.2) is 57.3 Å². The molecule has 4 rings (SSSR count). The van der Waals surface area contributed by atoms with Crippen molar-refractivity contribution in [1.82, 2.24) is 15.2 Å². The topological polar surface area (TPSA) is 104 Å². The molecule has 2 aliphatic rings. The highest BCUT2D eigenvalue weighted by molar-refractivity contribution is 7.13. The molecule has 3 heterocycles. The van der Waals surface area contributed by atoms with E-state index in [0.717, 1.165) is 21.7 Å². The van der Waals surface area contributed by atoms with Gasteiger partial charge in [-0.15, -0.1) is 11.3 Å². The van der Waals surface area contributed by atoms with Crippen LogP contribution < -0.4 is 5.32 Å². The number of hydrogen-bond donors (Lipinski definition) is 2. The van der Waals surface area contributed by atoms with E-state index in [-0.39, 0.29) is 37.3 Å². The summed E-state index contributed by atoms with van der Waals surface area (Å²) in [5.41, 5.74) is 4.68. The molecule has 0 spiro atoms. The van der Waals surface area contributed by atoms with Crippen molar-refractivity contribution in [3.05, 3.63) is 41.5 Å². The Kier molecular flexibility index (Phi) is 6.10. The standard InChI is InChI=1S/C21H24N4O4S/c1-13-6-17(29-24-13)8-20(27)25-11-16(26)7-18(25)21(28)23-9-14-2-4-15(5-3-14)19-10-22-12-30-19/h2-5,10,12,16-18,26H,6-9,11H2,1H3,(H,23,28)/t16-,17?,18+/m1/s1. The Morgan fingerprint density at radius 3 is 2.80 bits per heavy atom. The quantitative estimate of drug-likeness (QED) is 0.732. The predicted molar refractivity (Wildman–Crippen MR) is 113 cm³/mol. The summed E-state index contributed by atoms with van der Waals surface area (Å²) in [6, 6.07) is 7.24. The minimum atomic E-state index is -0.703. The zero-order valence-corrected chi connectivity index (χ0v) is 17.5. The summed E-state index contributed by atoms with van der Waals surface area (Å²) >= 11 is 1.57. The van der Waals surface area contributed by atoms with E-state index in [1.807, 2.05) is 37.4 Å². The van der Waals surface area contributed by atoms with Crippen molar-refractivity contribution in [3.63, 3.8) is 0 Å². The van der Waals surface area contributed by atoms with Gasteiger partial charge in [-0.2, -0.15) is 0 Å². The van der Waals surface area contributed by atoms with Gasteiger partial charge in [-0.3, -0.25) is 14.6 Å². The van der Waals surface area contributed by atoms with Gasteiger partial charge in [0.25, 0.3) is 0 Å². The number of oxime groups is 1. The zero-order chi connectivity index (χ0) is 21.1. The van der Waals surface area contributed by atoms with Crippen LogP contribution in [0.15, 0.2) is 41.1 Å². The van der Waals surface area contributed by atoms with Gasteiger partial charge in [-0.1, -0.05) is 29.4 Å². The number of rotatable bonds is 6. The number of aliphatic hydroxyl groups is 1. The number of aromatic nitrogens is 1. The average Bonchev–Trinajstić information content (AvgIpc) is 3.48. The Labute approximate surface area is 178 Å². The predicted octanol–water partition coefficient (Wildman–Crippen LogP) is 1.94. The summed E-state index contributed by atoms with van der Waals surface area (Å²) in [5, 5.41) is 16.8. The Hall–Kier alpha value is -2.78. The van der Waals surface area contributed by atoms with Gasteiger partial charge in [-0.05, 0) is 18.1 Å². The van der Waals surface area contributed by atoms with Crippen LogP contribution in [0.25, 0.3) is 10.4 Å². The maximum atomic E-state index is 12.7. The van der Waals surface area contributed by atoms with Gasteiger partial charge < -0.3 is 20.2 Å². The van der Waals surface area contributed by atoms with E-state index in [0.29, 0.717) is 13.0 Å². The number of benzene rings is 1. The van der Waals surface area contributed by atoms with Gasteiger partial charge in [0, 0.05) is 32.1 Å². The molecule has 1 unspecified atom stereocenters. The van der Waals surface area contributed by atoms with Crippen LogP contribution in [0.2, 0.25) is 0 Å². The second-order valence-corrected chi connectivity index (χ2v) is 8.58. The molecule has 158 valence electrons. The van der Waals surface area contributed by atoms with Crippen molar-refractivity contribution in [2.24, 2.45) is 5.16 Å². The van der Waals surface area contributed by atoms with Gasteiger partial charge in [0.15, 0.2) is 0 Å². The minimum Gasteiger partial charge on any atom is -0.392 e. The third kappa shape index (κ3) is 4.68. The molecule has 1 aromatic heterocycles. The molecule has 0 aliphatic carbocycles. The molecule has 9 heteroatoms. The second kappa shape index (κ2) is 8.93. The Morgan fingerprint density at radius 1 is 1.33 bits per heavy atom. The fraction of sp³-hybridized carbons (Fsp3) is 0.429. The number of carbonyl (C=O) groups is 2. The summed E-state index contributed by atoms with van der Waals surface area (Å²) in [6.45, 7) is 2.37. The van der Waals surface area contributed by atoms with Crippen molar-refractivity contribution in [3.8, 4) is 10.4 Å². The highest BCUT2D eigenvalue weighted by Gasteiger charge is 2.39. The largest absolute Gasteiger partial charge is 0.392 e. The van der Waals surface area contributed by atoms with Gasteiger partial charge in [-0.25, -0.2) is 0 Å². The monoisotopic (exact) mass is 428 g/mol. The van der Waals surface area contributed by atoms with Crippen molar-refractivity contribution >= 4 is 28.9 Å². The van der Waals surface area contributed by atoms with E-state index in [9.17, 15) is 14.7 Å². The number of nitrogens with one attached hydrogen (secondary N) is 1. The SMILES string of the molecule is CC1=NOC(CC(=O)N2C[C@H](O)C[C@H]2C(=O)NCc2ccc(-c3cncs3)cc2)C1. The average molecular weight is 429 g/mol. The number of likely N-dealkylation sites (tertiary alicyclic amines) is 1. The smallest absolute Gasteiger partial charge is 0.243 e. The van der Waals surface area contributed by atoms with Crippen LogP contribution in [0.5, 0.6) is 0 Å². The van der Waals surface area contributed by atoms with Crippen LogP contribution >= 0.6 is 11.3 Å². The number of thiazole rings is 1. The maximum Gasteiger partial charge on any atom is 0.243 e. The molecule has 1 fully saturated rings. The molecule has 2 aromatic rings. The van der Waals surface area contributed by atoms with Crippen molar-refractivity contribution in [1.29, 1.82) is 0 Å². The van der Waals surface area contributed by atoms with Gasteiger partial charge in [0.05, 0.1) is 28.6 Å². The molecular weight excluding hydrogens is 404 g/mol. The first-order valence-electron chi connectivity index (χ1n) is 9.92. The number of amides is 2. The number of β-amino-alcohol motifs (C(OH)–C–C–N with tert-alkyl or cyclic N) is 1. The molecule has 0 radical (unpaired) electrons. The van der Waals surface area contributed by atoms with Crippen molar-refractivity contribution in [2.45, 2.75) is 51.0 Å². The van der Waals surface area contributed by atoms with Crippen LogP contribution in [-0.2, 0) is 21.0 Å². The van der Waals surface area contributed by atoms with Crippen LogP contribution in [0, 0.1) is 0 Å². The summed E-state index contributed by atoms with van der Waals surface area (Å²) < 4.78 is 0. The molecule has 3 atom stereocenters. The lowest BCUT2D eigenvalue weighted by Gasteiger charge is -2.24. The maximum absolute atomic E-state index is 12.7. The molecule has 2 amide bonds. The molecule has 30 heavy (non-hydrogen) atoms. The molecule has 0 saturated carbocycles. The lowest BCUT2D eigenvalue weighted by Crippen LogP contribution is -2.46. The Balaban J connectivity index is 1.32. The zero-order valence-electron chi connectivity index (χ0n) is 16.7. The molecule has 2 N–H and O–H groups in total. The first-order chi connectivity index (χ1) is 14.5. The van der Waals surface area contributed by atoms with Crippen molar-refractivity contribution in [2.75, 3.05) is 6.54 Å². The molecule has 2 aliphatic heterocycles. The van der Waals surface area contributed by atoms with E-state index < -0.39 is 12.1 Å². The highest BCUT2D eigenvalue weighted by atomic mass is 32.1. The number of carbonyl (C=O) groups excluding carboxylic acids is 2. The summed E-state index contributed by atoms with van der Waals surface area (Å²) in [7, 11) is 0. The molecule has 1 saturated heterocycles. The highest BCUT2D eigenvalue weighted by Crippen LogP contribution is 2.24. The van der Waals surface area contributed by atoms with E-state index in [4.69, 9.17) is 4.84 Å². The third-order valence-corrected chi connectivity index (χ3v) is 6.14. The lowest BCUT2D eigenvalue weighted by molar-refractivity contribution is -0.140. The van der Waals surface area contributed by atoms with Crippen LogP contribution in [0.4, 0.5) is 0 Å². The second-order valence-electron chi connectivity index (χ2n) is 7.69. The molecule has 1 aromatic carbocycles. The van der Waals surface area contributed by atoms with Gasteiger partial charge >= 0.3 is 0 Å². The molecule has 0 bridgehead atoms. The molecular formula is C21H24N4O4S. The Bertz CT molecular complexity index is 929. The van der Waals surface area contributed by atoms with E-state index in [2.05, 4.69) is 15.5 Å². The van der Waals surface area contributed by atoms with E-state index >= 15 is 0 Å². The van der Waals surface area contributed by atoms with Gasteiger partial charge in [0.1, 0.15) is 12.1 Å². The fourth-order valence-electron chi connectivity index (χ4n) is 3.78. The fourth-order valence-corrected chi connectivity index (χ4v) is 4.41. The van der Waals surface area contributed by atoms with E-state index in [1.54, 1.807) is 16.8 Å². The third-order valence-electron chi connectivity index (χ3n) is 5.32. The summed E-state index contributed by atoms with van der Waals surface area (Å²) in [4.78, 5) is 37.3. The first-order valence-corrected chi connectivity index (χ1v) is 10.8.